The predicted molar refractivity (Wildman–Crippen MR) is 116 cm³/mol. The molecule has 0 aliphatic rings. The van der Waals surface area contributed by atoms with Gasteiger partial charge in [-0.3, -0.25) is 0 Å². The smallest absolute Gasteiger partial charge is 0.431 e. The number of benzene rings is 2. The van der Waals surface area contributed by atoms with E-state index in [-0.39, 0.29) is 19.0 Å². The van der Waals surface area contributed by atoms with E-state index in [4.69, 9.17) is 14.2 Å². The first-order chi connectivity index (χ1) is 15.3. The maximum Gasteiger partial charge on any atom is 0.431 e. The molecule has 0 fully saturated rings. The zero-order valence-corrected chi connectivity index (χ0v) is 17.9. The third kappa shape index (κ3) is 4.99. The standard InChI is InChI=1S/C23H23F3N2O4/c1-30-18-12-15(13-19(31-2)22(18)32-3)8-9-21(29)27-10-11-28-17-7-5-4-6-16(17)14-20(28)23(24,25)26/h4-9,12-14H,10-11H2,1-3H3,(H,27,29)/p+1/b9-8+. The number of alkyl halides is 3. The molecule has 0 saturated heterocycles. The fourth-order valence-corrected chi connectivity index (χ4v) is 3.41. The molecule has 3 rings (SSSR count). The summed E-state index contributed by atoms with van der Waals surface area (Å²) in [4.78, 5) is 2.72. The highest BCUT2D eigenvalue weighted by molar-refractivity contribution is 5.86. The first-order valence-electron chi connectivity index (χ1n) is 9.71. The molecule has 0 atom stereocenters. The third-order valence-electron chi connectivity index (χ3n) is 4.86. The van der Waals surface area contributed by atoms with E-state index in [9.17, 15) is 18.3 Å². The van der Waals surface area contributed by atoms with E-state index >= 15 is 0 Å². The second kappa shape index (κ2) is 9.67. The Kier molecular flexibility index (Phi) is 6.97. The highest BCUT2D eigenvalue weighted by Gasteiger charge is 2.35. The molecule has 0 spiro atoms. The first-order valence-corrected chi connectivity index (χ1v) is 9.71. The summed E-state index contributed by atoms with van der Waals surface area (Å²) < 4.78 is 57.3. The zero-order chi connectivity index (χ0) is 23.3. The molecule has 1 aromatic heterocycles. The van der Waals surface area contributed by atoms with Gasteiger partial charge in [-0.1, -0.05) is 18.2 Å². The van der Waals surface area contributed by atoms with Gasteiger partial charge in [-0.05, 0) is 35.9 Å². The van der Waals surface area contributed by atoms with Crippen LogP contribution in [0.15, 0.2) is 48.5 Å². The maximum absolute atomic E-state index is 13.4. The Labute approximate surface area is 183 Å². The van der Waals surface area contributed by atoms with Crippen molar-refractivity contribution >= 4 is 22.9 Å². The van der Waals surface area contributed by atoms with Crippen LogP contribution in [0.1, 0.15) is 11.3 Å². The average molecular weight is 449 g/mol. The Hall–Kier alpha value is -3.62. The number of methoxy groups -OCH3 is 3. The second-order valence-electron chi connectivity index (χ2n) is 6.84. The number of aliphatic hydroxyl groups is 1. The molecule has 0 amide bonds. The lowest BCUT2D eigenvalue weighted by molar-refractivity contribution is -0.466. The summed E-state index contributed by atoms with van der Waals surface area (Å²) in [5.74, 6) is 1.16. The molecule has 0 aliphatic heterocycles. The predicted octanol–water partition coefficient (Wildman–Crippen LogP) is 3.44. The fourth-order valence-electron chi connectivity index (χ4n) is 3.41. The van der Waals surface area contributed by atoms with Crippen LogP contribution in [-0.4, -0.2) is 43.4 Å². The number of rotatable bonds is 8. The van der Waals surface area contributed by atoms with Crippen molar-refractivity contribution in [3.63, 3.8) is 0 Å². The van der Waals surface area contributed by atoms with E-state index in [2.05, 4.69) is 4.99 Å². The molecule has 32 heavy (non-hydrogen) atoms. The quantitative estimate of drug-likeness (QED) is 0.409. The van der Waals surface area contributed by atoms with Gasteiger partial charge in [-0.25, -0.2) is 4.99 Å². The van der Waals surface area contributed by atoms with Crippen molar-refractivity contribution in [3.8, 4) is 17.2 Å². The summed E-state index contributed by atoms with van der Waals surface area (Å²) in [6.07, 6.45) is -1.46. The summed E-state index contributed by atoms with van der Waals surface area (Å²) in [7, 11) is 4.49. The average Bonchev–Trinajstić information content (AvgIpc) is 3.16. The number of nitrogens with one attached hydrogen (secondary N) is 1. The molecule has 0 radical (unpaired) electrons. The molecule has 0 bridgehead atoms. The summed E-state index contributed by atoms with van der Waals surface area (Å²) in [5, 5.41) is 10.6. The van der Waals surface area contributed by atoms with Crippen molar-refractivity contribution in [3.05, 3.63) is 59.8 Å². The van der Waals surface area contributed by atoms with Crippen molar-refractivity contribution in [2.75, 3.05) is 27.9 Å². The van der Waals surface area contributed by atoms with Gasteiger partial charge in [0.25, 0.3) is 0 Å². The minimum absolute atomic E-state index is 0.0183. The topological polar surface area (TPSA) is 66.8 Å². The van der Waals surface area contributed by atoms with Gasteiger partial charge in [-0.15, -0.1) is 0 Å². The van der Waals surface area contributed by atoms with Crippen molar-refractivity contribution in [1.29, 1.82) is 0 Å². The second-order valence-corrected chi connectivity index (χ2v) is 6.84. The number of aromatic nitrogens is 1. The number of hydrogen-bond donors (Lipinski definition) is 2. The van der Waals surface area contributed by atoms with Crippen LogP contribution in [0.25, 0.3) is 17.0 Å². The van der Waals surface area contributed by atoms with Crippen LogP contribution in [0.4, 0.5) is 13.2 Å². The van der Waals surface area contributed by atoms with E-state index in [0.717, 1.165) is 6.07 Å². The van der Waals surface area contributed by atoms with Crippen LogP contribution in [0, 0.1) is 0 Å². The van der Waals surface area contributed by atoms with Crippen molar-refractivity contribution in [1.82, 2.24) is 4.57 Å². The van der Waals surface area contributed by atoms with Gasteiger partial charge in [0.2, 0.25) is 5.75 Å². The van der Waals surface area contributed by atoms with Gasteiger partial charge in [0.05, 0.1) is 34.0 Å². The lowest BCUT2D eigenvalue weighted by atomic mass is 10.1. The van der Waals surface area contributed by atoms with Gasteiger partial charge in [0, 0.05) is 10.9 Å². The zero-order valence-electron chi connectivity index (χ0n) is 17.9. The van der Waals surface area contributed by atoms with Crippen molar-refractivity contribution in [2.24, 2.45) is 0 Å². The number of hydrogen-bond acceptors (Lipinski definition) is 3. The van der Waals surface area contributed by atoms with E-state index in [1.165, 1.54) is 32.0 Å². The third-order valence-corrected chi connectivity index (χ3v) is 4.86. The van der Waals surface area contributed by atoms with Gasteiger partial charge in [0.15, 0.2) is 18.0 Å². The Morgan fingerprint density at radius 3 is 2.28 bits per heavy atom. The summed E-state index contributed by atoms with van der Waals surface area (Å²) >= 11 is 0. The molecule has 170 valence electrons. The van der Waals surface area contributed by atoms with Gasteiger partial charge >= 0.3 is 12.1 Å². The normalized spacial score (nSPS) is 12.5. The molecule has 2 N–H and O–H groups in total. The number of para-hydroxylation sites is 1. The van der Waals surface area contributed by atoms with E-state index < -0.39 is 11.9 Å². The number of nitrogens with zero attached hydrogens (tertiary/aromatic N) is 1. The lowest BCUT2D eigenvalue weighted by Gasteiger charge is -2.12. The lowest BCUT2D eigenvalue weighted by Crippen LogP contribution is -2.73. The first kappa shape index (κ1) is 23.1. The Morgan fingerprint density at radius 1 is 1.03 bits per heavy atom. The largest absolute Gasteiger partial charge is 0.493 e. The van der Waals surface area contributed by atoms with E-state index in [0.29, 0.717) is 33.7 Å². The number of fused-ring (bicyclic) bond motifs is 1. The highest BCUT2D eigenvalue weighted by Crippen LogP contribution is 2.38. The molecule has 6 nitrogen and oxygen atoms in total. The Morgan fingerprint density at radius 2 is 1.69 bits per heavy atom. The SMILES string of the molecule is COc1cc(/C=C/C(O)=[NH+]CCn2c(C(F)(F)F)cc3ccccc32)cc(OC)c1OC. The molecule has 9 heteroatoms. The monoisotopic (exact) mass is 449 g/mol. The molecule has 0 aliphatic carbocycles. The number of aliphatic hydroxyl groups excluding tert-OH is 1. The molecule has 0 unspecified atom stereocenters. The Balaban J connectivity index is 1.77. The van der Waals surface area contributed by atoms with E-state index in [1.807, 2.05) is 0 Å². The molecule has 3 aromatic rings. The maximum atomic E-state index is 13.4. The van der Waals surface area contributed by atoms with Crippen LogP contribution in [0.2, 0.25) is 0 Å². The summed E-state index contributed by atoms with van der Waals surface area (Å²) in [6.45, 7) is 0.109. The van der Waals surface area contributed by atoms with Gasteiger partial charge in [0.1, 0.15) is 5.69 Å². The highest BCUT2D eigenvalue weighted by atomic mass is 19.4. The molecule has 0 saturated carbocycles. The summed E-state index contributed by atoms with van der Waals surface area (Å²) in [6, 6.07) is 11.2. The Bertz CT molecular complexity index is 1120. The molecule has 1 heterocycles. The molecule has 2 aromatic carbocycles. The van der Waals surface area contributed by atoms with Crippen molar-refractivity contribution < 1.29 is 37.5 Å². The van der Waals surface area contributed by atoms with Crippen molar-refractivity contribution in [2.45, 2.75) is 12.7 Å². The van der Waals surface area contributed by atoms with Crippen LogP contribution in [0.5, 0.6) is 17.2 Å². The minimum atomic E-state index is -4.48. The number of halogens is 3. The molecular formula is C23H24F3N2O4+. The fraction of sp³-hybridized carbons (Fsp3) is 0.261. The van der Waals surface area contributed by atoms with E-state index in [1.54, 1.807) is 42.5 Å². The minimum Gasteiger partial charge on any atom is -0.493 e. The van der Waals surface area contributed by atoms with Crippen LogP contribution in [-0.2, 0) is 12.7 Å². The van der Waals surface area contributed by atoms with Crippen LogP contribution >= 0.6 is 0 Å². The molecular weight excluding hydrogens is 425 g/mol. The van der Waals surface area contributed by atoms with Gasteiger partial charge < -0.3 is 23.9 Å². The van der Waals surface area contributed by atoms with Crippen LogP contribution < -0.4 is 19.2 Å². The van der Waals surface area contributed by atoms with Gasteiger partial charge in [-0.2, -0.15) is 13.2 Å². The number of ether oxygens (including phenoxy) is 3. The summed E-state index contributed by atoms with van der Waals surface area (Å²) in [5.41, 5.74) is 0.422. The van der Waals surface area contributed by atoms with Crippen LogP contribution in [0.3, 0.4) is 0 Å².